The molecule has 146 valence electrons. The lowest BCUT2D eigenvalue weighted by Crippen LogP contribution is -2.23. The van der Waals surface area contributed by atoms with E-state index in [0.29, 0.717) is 5.56 Å². The van der Waals surface area contributed by atoms with E-state index in [1.807, 2.05) is 0 Å². The molecule has 27 heavy (non-hydrogen) atoms. The van der Waals surface area contributed by atoms with Crippen LogP contribution in [0.25, 0.3) is 0 Å². The lowest BCUT2D eigenvalue weighted by molar-refractivity contribution is -0.142. The van der Waals surface area contributed by atoms with Crippen molar-refractivity contribution in [2.45, 2.75) is 25.4 Å². The predicted octanol–water partition coefficient (Wildman–Crippen LogP) is 3.73. The van der Waals surface area contributed by atoms with E-state index in [1.165, 1.54) is 17.0 Å². The third-order valence-corrected chi connectivity index (χ3v) is 4.12. The Morgan fingerprint density at radius 3 is 2.22 bits per heavy atom. The zero-order valence-corrected chi connectivity index (χ0v) is 13.9. The largest absolute Gasteiger partial charge is 0.465 e. The maximum atomic E-state index is 13.2. The van der Waals surface area contributed by atoms with E-state index in [0.717, 1.165) is 23.9 Å². The minimum absolute atomic E-state index is 0.0190. The number of esters is 1. The van der Waals surface area contributed by atoms with Crippen LogP contribution in [0, 0.1) is 0 Å². The van der Waals surface area contributed by atoms with Gasteiger partial charge in [-0.1, -0.05) is 12.1 Å². The monoisotopic (exact) mass is 393 g/mol. The van der Waals surface area contributed by atoms with Crippen LogP contribution in [-0.4, -0.2) is 29.4 Å². The molecule has 2 heterocycles. The summed E-state index contributed by atoms with van der Waals surface area (Å²) in [6.45, 7) is 0.382. The maximum Gasteiger partial charge on any atom is 0.436 e. The molecule has 0 saturated carbocycles. The van der Waals surface area contributed by atoms with Crippen molar-refractivity contribution in [1.82, 2.24) is 9.78 Å². The fraction of sp³-hybridized carbons (Fsp3) is 0.375. The molecule has 0 bridgehead atoms. The number of carbonyl (C=O) groups excluding carboxylic acids is 1. The molecule has 2 aromatic rings. The summed E-state index contributed by atoms with van der Waals surface area (Å²) in [5, 5.41) is 3.47. The van der Waals surface area contributed by atoms with Crippen molar-refractivity contribution in [2.24, 2.45) is 0 Å². The molecule has 1 aliphatic rings. The normalized spacial score (nSPS) is 14.4. The fourth-order valence-corrected chi connectivity index (χ4v) is 2.91. The van der Waals surface area contributed by atoms with E-state index < -0.39 is 35.1 Å². The van der Waals surface area contributed by atoms with E-state index in [4.69, 9.17) is 0 Å². The Bertz CT molecular complexity index is 855. The van der Waals surface area contributed by atoms with E-state index in [1.54, 1.807) is 0 Å². The van der Waals surface area contributed by atoms with E-state index in [2.05, 4.69) is 9.84 Å². The second kappa shape index (κ2) is 6.46. The average Bonchev–Trinajstić information content (AvgIpc) is 3.14. The highest BCUT2D eigenvalue weighted by Gasteiger charge is 2.44. The summed E-state index contributed by atoms with van der Waals surface area (Å²) >= 11 is 0. The fourth-order valence-electron chi connectivity index (χ4n) is 2.91. The summed E-state index contributed by atoms with van der Waals surface area (Å²) in [4.78, 5) is 13.4. The van der Waals surface area contributed by atoms with Crippen LogP contribution >= 0.6 is 0 Å². The number of ether oxygens (including phenoxy) is 1. The van der Waals surface area contributed by atoms with Crippen molar-refractivity contribution in [3.05, 3.63) is 46.6 Å². The number of aromatic nitrogens is 2. The molecule has 0 spiro atoms. The zero-order valence-electron chi connectivity index (χ0n) is 13.9. The Morgan fingerprint density at radius 1 is 1.07 bits per heavy atom. The zero-order chi connectivity index (χ0) is 20.0. The van der Waals surface area contributed by atoms with Gasteiger partial charge in [0.25, 0.3) is 0 Å². The smallest absolute Gasteiger partial charge is 0.436 e. The number of rotatable bonds is 3. The predicted molar refractivity (Wildman–Crippen MR) is 81.1 cm³/mol. The summed E-state index contributed by atoms with van der Waals surface area (Å²) in [6.07, 6.45) is -9.33. The molecule has 0 amide bonds. The molecule has 5 nitrogen and oxygen atoms in total. The quantitative estimate of drug-likeness (QED) is 0.589. The van der Waals surface area contributed by atoms with Crippen LogP contribution in [0.15, 0.2) is 24.3 Å². The van der Waals surface area contributed by atoms with E-state index >= 15 is 0 Å². The third kappa shape index (κ3) is 3.58. The summed E-state index contributed by atoms with van der Waals surface area (Å²) in [5.41, 5.74) is -2.43. The molecule has 0 N–H and O–H groups in total. The van der Waals surface area contributed by atoms with Crippen molar-refractivity contribution < 1.29 is 35.9 Å². The lowest BCUT2D eigenvalue weighted by Gasteiger charge is -2.19. The van der Waals surface area contributed by atoms with Crippen LogP contribution in [-0.2, 0) is 30.2 Å². The first-order valence-corrected chi connectivity index (χ1v) is 7.69. The lowest BCUT2D eigenvalue weighted by atomic mass is 10.1. The Balaban J connectivity index is 1.94. The minimum atomic E-state index is -4.85. The summed E-state index contributed by atoms with van der Waals surface area (Å²) in [5.74, 6) is -1.24. The van der Waals surface area contributed by atoms with Gasteiger partial charge in [-0.2, -0.15) is 31.4 Å². The average molecular weight is 393 g/mol. The first-order chi connectivity index (χ1) is 12.5. The standard InChI is InChI=1S/C16H13F6N3O2/c1-27-14(26)11-12(16(20,21)22)23-25-7-6-24(13(11)25)8-9-2-4-10(5-3-9)15(17,18)19/h2-5H,6-8H2,1H3. The molecule has 1 aliphatic heterocycles. The third-order valence-electron chi connectivity index (χ3n) is 4.12. The Labute approximate surface area is 149 Å². The molecule has 1 aromatic heterocycles. The second-order valence-electron chi connectivity index (χ2n) is 5.88. The van der Waals surface area contributed by atoms with Gasteiger partial charge in [0.05, 0.1) is 19.2 Å². The molecular formula is C16H13F6N3O2. The number of benzene rings is 1. The molecule has 0 atom stereocenters. The van der Waals surface area contributed by atoms with Crippen LogP contribution < -0.4 is 4.90 Å². The molecule has 0 saturated heterocycles. The van der Waals surface area contributed by atoms with Crippen LogP contribution in [0.2, 0.25) is 0 Å². The van der Waals surface area contributed by atoms with Crippen molar-refractivity contribution >= 4 is 11.8 Å². The van der Waals surface area contributed by atoms with Gasteiger partial charge in [-0.05, 0) is 17.7 Å². The van der Waals surface area contributed by atoms with Crippen LogP contribution in [0.5, 0.6) is 0 Å². The number of nitrogens with zero attached hydrogens (tertiary/aromatic N) is 3. The Morgan fingerprint density at radius 2 is 1.70 bits per heavy atom. The number of alkyl halides is 6. The summed E-state index contributed by atoms with van der Waals surface area (Å²) in [6, 6.07) is 4.27. The number of carbonyl (C=O) groups is 1. The van der Waals surface area contributed by atoms with Gasteiger partial charge in [0.15, 0.2) is 5.69 Å². The highest BCUT2D eigenvalue weighted by atomic mass is 19.4. The highest BCUT2D eigenvalue weighted by Crippen LogP contribution is 2.39. The number of hydrogen-bond acceptors (Lipinski definition) is 4. The first kappa shape index (κ1) is 19.1. The van der Waals surface area contributed by atoms with E-state index in [9.17, 15) is 31.1 Å². The van der Waals surface area contributed by atoms with Crippen LogP contribution in [0.3, 0.4) is 0 Å². The molecule has 11 heteroatoms. The topological polar surface area (TPSA) is 47.4 Å². The number of fused-ring (bicyclic) bond motifs is 1. The van der Waals surface area contributed by atoms with E-state index in [-0.39, 0.29) is 25.5 Å². The molecular weight excluding hydrogens is 380 g/mol. The molecule has 3 rings (SSSR count). The van der Waals surface area contributed by atoms with Crippen molar-refractivity contribution in [3.8, 4) is 0 Å². The van der Waals surface area contributed by atoms with Gasteiger partial charge in [0.2, 0.25) is 0 Å². The molecule has 0 unspecified atom stereocenters. The number of hydrogen-bond donors (Lipinski definition) is 0. The van der Waals surface area contributed by atoms with Crippen LogP contribution in [0.4, 0.5) is 32.2 Å². The van der Waals surface area contributed by atoms with Gasteiger partial charge in [-0.25, -0.2) is 9.48 Å². The number of halogens is 6. The van der Waals surface area contributed by atoms with Gasteiger partial charge in [0.1, 0.15) is 11.4 Å². The SMILES string of the molecule is COC(=O)c1c(C(F)(F)F)nn2c1N(Cc1ccc(C(F)(F)F)cc1)CC2. The minimum Gasteiger partial charge on any atom is -0.465 e. The highest BCUT2D eigenvalue weighted by molar-refractivity contribution is 5.96. The van der Waals surface area contributed by atoms with Crippen LogP contribution in [0.1, 0.15) is 27.2 Å². The Hall–Kier alpha value is -2.72. The maximum absolute atomic E-state index is 13.2. The number of anilines is 1. The Kier molecular flexibility index (Phi) is 4.56. The van der Waals surface area contributed by atoms with Gasteiger partial charge < -0.3 is 9.64 Å². The van der Waals surface area contributed by atoms with Gasteiger partial charge in [-0.15, -0.1) is 0 Å². The van der Waals surface area contributed by atoms with Crippen molar-refractivity contribution in [1.29, 1.82) is 0 Å². The molecule has 0 fully saturated rings. The molecule has 0 aliphatic carbocycles. The number of methoxy groups -OCH3 is 1. The van der Waals surface area contributed by atoms with Gasteiger partial charge in [0, 0.05) is 13.1 Å². The summed E-state index contributed by atoms with van der Waals surface area (Å²) in [7, 11) is 0.960. The van der Waals surface area contributed by atoms with Crippen molar-refractivity contribution in [3.63, 3.8) is 0 Å². The first-order valence-electron chi connectivity index (χ1n) is 7.69. The van der Waals surface area contributed by atoms with Gasteiger partial charge >= 0.3 is 18.3 Å². The van der Waals surface area contributed by atoms with Gasteiger partial charge in [-0.3, -0.25) is 0 Å². The second-order valence-corrected chi connectivity index (χ2v) is 5.88. The van der Waals surface area contributed by atoms with Crippen molar-refractivity contribution in [2.75, 3.05) is 18.6 Å². The summed E-state index contributed by atoms with van der Waals surface area (Å²) < 4.78 is 83.0. The molecule has 0 radical (unpaired) electrons. The molecule has 1 aromatic carbocycles.